The summed E-state index contributed by atoms with van der Waals surface area (Å²) in [6, 6.07) is 2.53. The lowest BCUT2D eigenvalue weighted by atomic mass is 10.5. The van der Waals surface area contributed by atoms with Gasteiger partial charge in [0, 0.05) is 13.2 Å². The fraction of sp³-hybridized carbons (Fsp3) is 0.400. The van der Waals surface area contributed by atoms with Crippen molar-refractivity contribution >= 4 is 27.6 Å². The van der Waals surface area contributed by atoms with Gasteiger partial charge in [0.1, 0.15) is 11.7 Å². The van der Waals surface area contributed by atoms with Crippen molar-refractivity contribution in [3.8, 4) is 0 Å². The monoisotopic (exact) mass is 292 g/mol. The average molecular weight is 293 g/mol. The van der Waals surface area contributed by atoms with Crippen LogP contribution in [0.15, 0.2) is 23.2 Å². The maximum atomic E-state index is 12.1. The third kappa shape index (κ3) is 3.66. The molecular formula is C10H13ClN2O4S. The Balaban J connectivity index is 2.90. The quantitative estimate of drug-likeness (QED) is 0.596. The molecule has 0 bridgehead atoms. The molecule has 1 aromatic heterocycles. The van der Waals surface area contributed by atoms with Crippen molar-refractivity contribution in [2.24, 2.45) is 0 Å². The Bertz CT molecular complexity index is 532. The third-order valence-electron chi connectivity index (χ3n) is 2.06. The highest BCUT2D eigenvalue weighted by Crippen LogP contribution is 2.16. The summed E-state index contributed by atoms with van der Waals surface area (Å²) in [5.41, 5.74) is 0. The molecule has 100 valence electrons. The van der Waals surface area contributed by atoms with Gasteiger partial charge in [-0.15, -0.1) is 0 Å². The van der Waals surface area contributed by atoms with Crippen LogP contribution in [0.2, 0.25) is 5.15 Å². The zero-order valence-electron chi connectivity index (χ0n) is 9.96. The molecule has 0 fully saturated rings. The van der Waals surface area contributed by atoms with Crippen molar-refractivity contribution in [2.45, 2.75) is 11.8 Å². The standard InChI is InChI=1S/C10H13ClN2O4S/c1-3-17-10(14)7-13(2)18(15,16)8-4-5-12-9(11)6-8/h4-6H,3,7H2,1-2H3. The molecule has 1 rings (SSSR count). The second kappa shape index (κ2) is 6.12. The number of pyridine rings is 1. The van der Waals surface area contributed by atoms with Gasteiger partial charge in [-0.1, -0.05) is 11.6 Å². The highest BCUT2D eigenvalue weighted by atomic mass is 35.5. The van der Waals surface area contributed by atoms with Gasteiger partial charge < -0.3 is 4.74 Å². The first-order valence-electron chi connectivity index (χ1n) is 5.11. The predicted molar refractivity (Wildman–Crippen MR) is 65.7 cm³/mol. The van der Waals surface area contributed by atoms with Crippen molar-refractivity contribution in [1.29, 1.82) is 0 Å². The molecule has 0 aromatic carbocycles. The van der Waals surface area contributed by atoms with Crippen LogP contribution in [0, 0.1) is 0 Å². The highest BCUT2D eigenvalue weighted by molar-refractivity contribution is 7.89. The molecule has 18 heavy (non-hydrogen) atoms. The van der Waals surface area contributed by atoms with E-state index in [2.05, 4.69) is 9.72 Å². The number of halogens is 1. The molecule has 1 aromatic rings. The van der Waals surface area contributed by atoms with Crippen LogP contribution < -0.4 is 0 Å². The normalized spacial score (nSPS) is 11.6. The Morgan fingerprint density at radius 1 is 1.56 bits per heavy atom. The zero-order valence-corrected chi connectivity index (χ0v) is 11.5. The van der Waals surface area contributed by atoms with Crippen molar-refractivity contribution in [3.63, 3.8) is 0 Å². The first kappa shape index (κ1) is 14.9. The van der Waals surface area contributed by atoms with Crippen molar-refractivity contribution in [1.82, 2.24) is 9.29 Å². The van der Waals surface area contributed by atoms with E-state index < -0.39 is 16.0 Å². The van der Waals surface area contributed by atoms with E-state index >= 15 is 0 Å². The Labute approximate surface area is 111 Å². The first-order valence-corrected chi connectivity index (χ1v) is 6.93. The van der Waals surface area contributed by atoms with Gasteiger partial charge in [0.05, 0.1) is 11.5 Å². The van der Waals surface area contributed by atoms with Gasteiger partial charge in [-0.2, -0.15) is 4.31 Å². The van der Waals surface area contributed by atoms with E-state index in [1.54, 1.807) is 6.92 Å². The fourth-order valence-corrected chi connectivity index (χ4v) is 2.57. The van der Waals surface area contributed by atoms with Crippen LogP contribution >= 0.6 is 11.6 Å². The molecule has 1 heterocycles. The van der Waals surface area contributed by atoms with Crippen LogP contribution in [0.4, 0.5) is 0 Å². The number of nitrogens with zero attached hydrogens (tertiary/aromatic N) is 2. The number of sulfonamides is 1. The minimum absolute atomic E-state index is 0.0192. The van der Waals surface area contributed by atoms with Gasteiger partial charge in [-0.05, 0) is 19.1 Å². The summed E-state index contributed by atoms with van der Waals surface area (Å²) in [4.78, 5) is 14.9. The Hall–Kier alpha value is -1.18. The van der Waals surface area contributed by atoms with E-state index in [9.17, 15) is 13.2 Å². The Morgan fingerprint density at radius 3 is 2.78 bits per heavy atom. The lowest BCUT2D eigenvalue weighted by Gasteiger charge is -2.16. The molecule has 0 saturated heterocycles. The molecule has 0 aliphatic rings. The van der Waals surface area contributed by atoms with Crippen molar-refractivity contribution < 1.29 is 17.9 Å². The SMILES string of the molecule is CCOC(=O)CN(C)S(=O)(=O)c1ccnc(Cl)c1. The molecule has 8 heteroatoms. The Kier molecular flexibility index (Phi) is 5.06. The van der Waals surface area contributed by atoms with Crippen LogP contribution in [0.1, 0.15) is 6.92 Å². The maximum absolute atomic E-state index is 12.1. The summed E-state index contributed by atoms with van der Waals surface area (Å²) < 4.78 is 29.7. The topological polar surface area (TPSA) is 76.6 Å². The summed E-state index contributed by atoms with van der Waals surface area (Å²) in [5.74, 6) is -0.608. The molecule has 0 amide bonds. The number of rotatable bonds is 5. The number of hydrogen-bond acceptors (Lipinski definition) is 5. The molecule has 0 saturated carbocycles. The number of esters is 1. The molecule has 0 aliphatic carbocycles. The van der Waals surface area contributed by atoms with E-state index in [0.717, 1.165) is 4.31 Å². The van der Waals surface area contributed by atoms with Gasteiger partial charge in [0.15, 0.2) is 0 Å². The summed E-state index contributed by atoms with van der Waals surface area (Å²) in [6.45, 7) is 1.50. The second-order valence-corrected chi connectivity index (χ2v) is 5.81. The van der Waals surface area contributed by atoms with Gasteiger partial charge in [-0.3, -0.25) is 4.79 Å². The summed E-state index contributed by atoms with van der Waals surface area (Å²) in [6.07, 6.45) is 1.29. The van der Waals surface area contributed by atoms with Crippen molar-refractivity contribution in [2.75, 3.05) is 20.2 Å². The zero-order chi connectivity index (χ0) is 13.8. The number of likely N-dealkylation sites (N-methyl/N-ethyl adjacent to an activating group) is 1. The van der Waals surface area contributed by atoms with E-state index in [1.807, 2.05) is 0 Å². The molecule has 0 unspecified atom stereocenters. The minimum Gasteiger partial charge on any atom is -0.465 e. The van der Waals surface area contributed by atoms with E-state index in [4.69, 9.17) is 11.6 Å². The molecule has 0 spiro atoms. The molecule has 0 atom stereocenters. The third-order valence-corrected chi connectivity index (χ3v) is 4.07. The number of aromatic nitrogens is 1. The van der Waals surface area contributed by atoms with Crippen LogP contribution in [-0.2, 0) is 19.6 Å². The van der Waals surface area contributed by atoms with Gasteiger partial charge in [-0.25, -0.2) is 13.4 Å². The number of carbonyl (C=O) groups excluding carboxylic acids is 1. The van der Waals surface area contributed by atoms with Gasteiger partial charge in [0.25, 0.3) is 0 Å². The van der Waals surface area contributed by atoms with Crippen LogP contribution in [0.3, 0.4) is 0 Å². The molecular weight excluding hydrogens is 280 g/mol. The number of carbonyl (C=O) groups is 1. The first-order chi connectivity index (χ1) is 8.37. The number of ether oxygens (including phenoxy) is 1. The van der Waals surface area contributed by atoms with Crippen LogP contribution in [0.25, 0.3) is 0 Å². The maximum Gasteiger partial charge on any atom is 0.321 e. The highest BCUT2D eigenvalue weighted by Gasteiger charge is 2.23. The molecule has 0 N–H and O–H groups in total. The molecule has 6 nitrogen and oxygen atoms in total. The summed E-state index contributed by atoms with van der Waals surface area (Å²) >= 11 is 5.63. The smallest absolute Gasteiger partial charge is 0.321 e. The van der Waals surface area contributed by atoms with Gasteiger partial charge in [0.2, 0.25) is 10.0 Å². The summed E-state index contributed by atoms with van der Waals surface area (Å²) in [5, 5.41) is 0.0700. The minimum atomic E-state index is -3.77. The van der Waals surface area contributed by atoms with Crippen LogP contribution in [0.5, 0.6) is 0 Å². The number of hydrogen-bond donors (Lipinski definition) is 0. The Morgan fingerprint density at radius 2 is 2.22 bits per heavy atom. The van der Waals surface area contributed by atoms with Crippen molar-refractivity contribution in [3.05, 3.63) is 23.5 Å². The van der Waals surface area contributed by atoms with E-state index in [0.29, 0.717) is 0 Å². The van der Waals surface area contributed by atoms with Crippen LogP contribution in [-0.4, -0.2) is 43.9 Å². The largest absolute Gasteiger partial charge is 0.465 e. The second-order valence-electron chi connectivity index (χ2n) is 3.38. The molecule has 0 radical (unpaired) electrons. The average Bonchev–Trinajstić information content (AvgIpc) is 2.29. The fourth-order valence-electron chi connectivity index (χ4n) is 1.20. The van der Waals surface area contributed by atoms with E-state index in [-0.39, 0.29) is 23.2 Å². The summed E-state index contributed by atoms with van der Waals surface area (Å²) in [7, 11) is -2.47. The van der Waals surface area contributed by atoms with E-state index in [1.165, 1.54) is 25.4 Å². The lowest BCUT2D eigenvalue weighted by molar-refractivity contribution is -0.143. The molecule has 0 aliphatic heterocycles. The van der Waals surface area contributed by atoms with Gasteiger partial charge >= 0.3 is 5.97 Å². The lowest BCUT2D eigenvalue weighted by Crippen LogP contribution is -2.33. The predicted octanol–water partition coefficient (Wildman–Crippen LogP) is 0.919.